The molecule has 0 bridgehead atoms. The van der Waals surface area contributed by atoms with Crippen molar-refractivity contribution >= 4 is 0 Å². The Balaban J connectivity index is -0.0000000200. The van der Waals surface area contributed by atoms with E-state index < -0.39 is 0 Å². The van der Waals surface area contributed by atoms with Crippen molar-refractivity contribution in [1.29, 1.82) is 0 Å². The van der Waals surface area contributed by atoms with Gasteiger partial charge in [0.15, 0.2) is 0 Å². The third-order valence-corrected chi connectivity index (χ3v) is 0. The Kier molecular flexibility index (Phi) is 75.1. The summed E-state index contributed by atoms with van der Waals surface area (Å²) in [6, 6.07) is 0. The Hall–Kier alpha value is 0.743. The quantitative estimate of drug-likeness (QED) is 0.505. The summed E-state index contributed by atoms with van der Waals surface area (Å²) >= 11 is 0.230. The first-order valence-electron chi connectivity index (χ1n) is 1.00. The molecule has 0 nitrogen and oxygen atoms in total. The number of halogens is 2. The molecule has 0 aromatic heterocycles. The summed E-state index contributed by atoms with van der Waals surface area (Å²) < 4.78 is 4.59. The molecular weight excluding hydrogens is 153 g/mol. The third-order valence-electron chi connectivity index (χ3n) is 0. The Bertz CT molecular complexity index is 7.61. The zero-order chi connectivity index (χ0) is 2.71. The Morgan fingerprint density at radius 1 is 1.00 bits per heavy atom. The van der Waals surface area contributed by atoms with Crippen molar-refractivity contribution in [2.24, 2.45) is 0 Å². The van der Waals surface area contributed by atoms with Crippen molar-refractivity contribution in [2.75, 3.05) is 0 Å². The van der Waals surface area contributed by atoms with Crippen LogP contribution in [-0.2, 0) is 23.2 Å². The molecule has 0 aliphatic carbocycles. The molecule has 0 heterocycles. The maximum absolute atomic E-state index is 2.30. The van der Waals surface area contributed by atoms with Crippen LogP contribution in [0.25, 0.3) is 0 Å². The van der Waals surface area contributed by atoms with E-state index in [1.807, 2.05) is 0 Å². The van der Waals surface area contributed by atoms with Gasteiger partial charge in [0, 0.05) is 0 Å². The fourth-order valence-electron chi connectivity index (χ4n) is 0. The SMILES string of the molecule is F.F.[CH3][Zr][CH3]. The van der Waals surface area contributed by atoms with Crippen LogP contribution >= 0.6 is 0 Å². The molecule has 0 radical (unpaired) electrons. The van der Waals surface area contributed by atoms with Crippen LogP contribution in [0.15, 0.2) is 0 Å². The molecule has 0 spiro atoms. The van der Waals surface area contributed by atoms with Gasteiger partial charge in [-0.1, -0.05) is 0 Å². The Morgan fingerprint density at radius 3 is 1.00 bits per heavy atom. The van der Waals surface area contributed by atoms with Crippen LogP contribution in [0.2, 0.25) is 9.26 Å². The van der Waals surface area contributed by atoms with Crippen molar-refractivity contribution in [3.05, 3.63) is 0 Å². The van der Waals surface area contributed by atoms with Gasteiger partial charge in [-0.3, -0.25) is 9.41 Å². The van der Waals surface area contributed by atoms with E-state index in [2.05, 4.69) is 9.26 Å². The predicted octanol–water partition coefficient (Wildman–Crippen LogP) is 1.47. The molecule has 0 unspecified atom stereocenters. The van der Waals surface area contributed by atoms with Crippen molar-refractivity contribution in [2.45, 2.75) is 9.26 Å². The monoisotopic (exact) mass is 160 g/mol. The number of hydrogen-bond donors (Lipinski definition) is 0. The van der Waals surface area contributed by atoms with E-state index in [0.29, 0.717) is 0 Å². The van der Waals surface area contributed by atoms with Crippen molar-refractivity contribution < 1.29 is 32.6 Å². The Labute approximate surface area is 42.3 Å². The van der Waals surface area contributed by atoms with Crippen molar-refractivity contribution in [3.63, 3.8) is 0 Å². The fraction of sp³-hybridized carbons (Fsp3) is 1.00. The summed E-state index contributed by atoms with van der Waals surface area (Å²) in [5.74, 6) is 0. The van der Waals surface area contributed by atoms with Gasteiger partial charge < -0.3 is 0 Å². The van der Waals surface area contributed by atoms with Gasteiger partial charge in [-0.2, -0.15) is 0 Å². The van der Waals surface area contributed by atoms with Gasteiger partial charge in [0.2, 0.25) is 0 Å². The zero-order valence-corrected chi connectivity index (χ0v) is 5.77. The molecule has 0 aliphatic rings. The van der Waals surface area contributed by atoms with Crippen LogP contribution < -0.4 is 0 Å². The van der Waals surface area contributed by atoms with Gasteiger partial charge in [0.25, 0.3) is 0 Å². The summed E-state index contributed by atoms with van der Waals surface area (Å²) in [6.45, 7) is 0. The van der Waals surface area contributed by atoms with Gasteiger partial charge in [-0.15, -0.1) is 0 Å². The average molecular weight is 161 g/mol. The normalized spacial score (nSPS) is 2.80. The van der Waals surface area contributed by atoms with Gasteiger partial charge in [0.05, 0.1) is 0 Å². The summed E-state index contributed by atoms with van der Waals surface area (Å²) in [4.78, 5) is 0. The minimum atomic E-state index is 0. The maximum atomic E-state index is 2.30. The Morgan fingerprint density at radius 2 is 1.00 bits per heavy atom. The second kappa shape index (κ2) is 21.9. The second-order valence-electron chi connectivity index (χ2n) is 0.500. The number of rotatable bonds is 0. The minimum absolute atomic E-state index is 0. The molecule has 0 aromatic rings. The molecular formula is C2H8F2Zr. The molecule has 0 rings (SSSR count). The molecule has 0 saturated carbocycles. The molecule has 0 N–H and O–H groups in total. The van der Waals surface area contributed by atoms with E-state index >= 15 is 0 Å². The van der Waals surface area contributed by atoms with Crippen molar-refractivity contribution in [1.82, 2.24) is 0 Å². The predicted molar refractivity (Wildman–Crippen MR) is 16.7 cm³/mol. The standard InChI is InChI=1S/2CH3.2FH.Zr/h2*1H3;2*1H;. The van der Waals surface area contributed by atoms with E-state index in [1.165, 1.54) is 0 Å². The first kappa shape index (κ1) is 17.2. The van der Waals surface area contributed by atoms with Crippen LogP contribution in [0.4, 0.5) is 9.41 Å². The summed E-state index contributed by atoms with van der Waals surface area (Å²) in [6.07, 6.45) is 0. The molecule has 5 heavy (non-hydrogen) atoms. The molecule has 0 aromatic carbocycles. The van der Waals surface area contributed by atoms with Gasteiger partial charge in [-0.25, -0.2) is 0 Å². The van der Waals surface area contributed by atoms with E-state index in [4.69, 9.17) is 0 Å². The first-order valence-corrected chi connectivity index (χ1v) is 5.92. The topological polar surface area (TPSA) is 0 Å². The van der Waals surface area contributed by atoms with Gasteiger partial charge >= 0.3 is 32.5 Å². The molecule has 3 heteroatoms. The first-order chi connectivity index (χ1) is 1.41. The fourth-order valence-corrected chi connectivity index (χ4v) is 0. The van der Waals surface area contributed by atoms with Crippen molar-refractivity contribution in [3.8, 4) is 0 Å². The van der Waals surface area contributed by atoms with E-state index in [9.17, 15) is 0 Å². The molecule has 34 valence electrons. The van der Waals surface area contributed by atoms with Gasteiger partial charge in [-0.05, 0) is 0 Å². The second-order valence-corrected chi connectivity index (χ2v) is 2.96. The van der Waals surface area contributed by atoms with E-state index in [1.54, 1.807) is 0 Å². The van der Waals surface area contributed by atoms with Crippen LogP contribution in [0.3, 0.4) is 0 Å². The number of hydrogen-bond acceptors (Lipinski definition) is 0. The molecule has 0 saturated heterocycles. The summed E-state index contributed by atoms with van der Waals surface area (Å²) in [7, 11) is 0. The zero-order valence-electron chi connectivity index (χ0n) is 3.32. The molecule has 0 amide bonds. The van der Waals surface area contributed by atoms with E-state index in [-0.39, 0.29) is 32.6 Å². The van der Waals surface area contributed by atoms with Crippen LogP contribution in [-0.4, -0.2) is 0 Å². The molecule has 0 fully saturated rings. The molecule has 0 aliphatic heterocycles. The third kappa shape index (κ3) is 64.6. The molecule has 0 atom stereocenters. The van der Waals surface area contributed by atoms with Crippen LogP contribution in [0.5, 0.6) is 0 Å². The summed E-state index contributed by atoms with van der Waals surface area (Å²) in [5, 5.41) is 0. The van der Waals surface area contributed by atoms with Crippen LogP contribution in [0.1, 0.15) is 0 Å². The van der Waals surface area contributed by atoms with E-state index in [0.717, 1.165) is 0 Å². The van der Waals surface area contributed by atoms with Gasteiger partial charge in [0.1, 0.15) is 0 Å². The average Bonchev–Trinajstić information content (AvgIpc) is 0.918. The summed E-state index contributed by atoms with van der Waals surface area (Å²) in [5.41, 5.74) is 0. The van der Waals surface area contributed by atoms with Crippen LogP contribution in [0, 0.1) is 0 Å².